The van der Waals surface area contributed by atoms with Gasteiger partial charge in [0.25, 0.3) is 0 Å². The van der Waals surface area contributed by atoms with E-state index in [0.717, 1.165) is 12.8 Å². The maximum atomic E-state index is 12.3. The monoisotopic (exact) mass is 376 g/mol. The molecular weight excluding hydrogens is 352 g/mol. The lowest BCUT2D eigenvalue weighted by atomic mass is 10.0. The molecule has 3 heterocycles. The van der Waals surface area contributed by atoms with Crippen LogP contribution < -0.4 is 5.32 Å². The third-order valence-electron chi connectivity index (χ3n) is 4.51. The van der Waals surface area contributed by atoms with Crippen LogP contribution in [0.3, 0.4) is 0 Å². The van der Waals surface area contributed by atoms with Crippen molar-refractivity contribution in [1.82, 2.24) is 14.9 Å². The minimum atomic E-state index is -0.455. The predicted octanol–water partition coefficient (Wildman–Crippen LogP) is 2.74. The third kappa shape index (κ3) is 3.96. The van der Waals surface area contributed by atoms with E-state index >= 15 is 0 Å². The van der Waals surface area contributed by atoms with Crippen molar-refractivity contribution >= 4 is 29.0 Å². The first-order chi connectivity index (χ1) is 13.0. The van der Waals surface area contributed by atoms with Crippen LogP contribution in [-0.2, 0) is 9.47 Å². The summed E-state index contributed by atoms with van der Waals surface area (Å²) in [6, 6.07) is 0.110. The van der Waals surface area contributed by atoms with Gasteiger partial charge in [-0.05, 0) is 33.6 Å². The van der Waals surface area contributed by atoms with Crippen LogP contribution in [0.5, 0.6) is 0 Å². The first-order valence-corrected chi connectivity index (χ1v) is 9.14. The highest BCUT2D eigenvalue weighted by atomic mass is 16.6. The van der Waals surface area contributed by atoms with Crippen LogP contribution in [0, 0.1) is 6.92 Å². The molecular formula is C18H24N4O5. The highest BCUT2D eigenvalue weighted by Gasteiger charge is 2.27. The number of carbonyl (C=O) groups is 2. The molecule has 146 valence electrons. The van der Waals surface area contributed by atoms with Gasteiger partial charge in [-0.2, -0.15) is 0 Å². The highest BCUT2D eigenvalue weighted by Crippen LogP contribution is 2.30. The van der Waals surface area contributed by atoms with E-state index in [-0.39, 0.29) is 18.7 Å². The number of nitrogens with zero attached hydrogens (tertiary/aromatic N) is 3. The van der Waals surface area contributed by atoms with E-state index in [4.69, 9.17) is 13.9 Å². The number of likely N-dealkylation sites (tertiary alicyclic amines) is 1. The van der Waals surface area contributed by atoms with E-state index in [1.54, 1.807) is 25.7 Å². The van der Waals surface area contributed by atoms with Crippen molar-refractivity contribution in [2.75, 3.05) is 31.6 Å². The second-order valence-corrected chi connectivity index (χ2v) is 6.26. The molecule has 1 aliphatic rings. The normalized spacial score (nSPS) is 15.0. The summed E-state index contributed by atoms with van der Waals surface area (Å²) in [5.41, 5.74) is 0.691. The Morgan fingerprint density at radius 1 is 1.22 bits per heavy atom. The van der Waals surface area contributed by atoms with Crippen molar-refractivity contribution < 1.29 is 23.5 Å². The summed E-state index contributed by atoms with van der Waals surface area (Å²) in [5, 5.41) is 3.90. The molecule has 0 radical (unpaired) electrons. The number of anilines is 1. The summed E-state index contributed by atoms with van der Waals surface area (Å²) in [6.45, 7) is 7.08. The van der Waals surface area contributed by atoms with Crippen LogP contribution in [0.4, 0.5) is 10.6 Å². The molecule has 3 rings (SSSR count). The average molecular weight is 376 g/mol. The Morgan fingerprint density at radius 2 is 1.93 bits per heavy atom. The smallest absolute Gasteiger partial charge is 0.409 e. The molecule has 2 aromatic heterocycles. The number of amides is 1. The molecule has 1 aliphatic heterocycles. The van der Waals surface area contributed by atoms with Gasteiger partial charge in [0.2, 0.25) is 5.71 Å². The number of furan rings is 1. The summed E-state index contributed by atoms with van der Waals surface area (Å²) in [4.78, 5) is 34.3. The Hall–Kier alpha value is -2.84. The van der Waals surface area contributed by atoms with Gasteiger partial charge in [0, 0.05) is 19.1 Å². The average Bonchev–Trinajstić information content (AvgIpc) is 2.99. The number of aryl methyl sites for hydroxylation is 1. The van der Waals surface area contributed by atoms with Crippen LogP contribution >= 0.6 is 0 Å². The number of aromatic nitrogens is 2. The molecule has 1 saturated heterocycles. The Balaban J connectivity index is 1.78. The van der Waals surface area contributed by atoms with Crippen LogP contribution in [0.1, 0.15) is 42.8 Å². The number of esters is 1. The standard InChI is InChI=1S/C18H24N4O5/c1-4-25-17(23)13-11(3)27-16-14(13)15(19-10-20-16)21-12-6-8-22(9-7-12)18(24)26-5-2/h10,12H,4-9H2,1-3H3,(H,19,20,21). The number of carbonyl (C=O) groups excluding carboxylic acids is 2. The number of fused-ring (bicyclic) bond motifs is 1. The van der Waals surface area contributed by atoms with Crippen molar-refractivity contribution in [2.24, 2.45) is 0 Å². The van der Waals surface area contributed by atoms with Crippen molar-refractivity contribution in [3.63, 3.8) is 0 Å². The second kappa shape index (κ2) is 8.24. The summed E-state index contributed by atoms with van der Waals surface area (Å²) in [6.07, 6.45) is 2.61. The van der Waals surface area contributed by atoms with E-state index in [1.807, 2.05) is 0 Å². The lowest BCUT2D eigenvalue weighted by molar-refractivity contribution is 0.0526. The van der Waals surface area contributed by atoms with Crippen molar-refractivity contribution in [3.8, 4) is 0 Å². The Kier molecular flexibility index (Phi) is 5.78. The van der Waals surface area contributed by atoms with Crippen molar-refractivity contribution in [2.45, 2.75) is 39.7 Å². The molecule has 9 nitrogen and oxygen atoms in total. The molecule has 1 fully saturated rings. The van der Waals surface area contributed by atoms with Crippen LogP contribution in [0.25, 0.3) is 11.1 Å². The zero-order chi connectivity index (χ0) is 19.4. The predicted molar refractivity (Wildman–Crippen MR) is 97.7 cm³/mol. The van der Waals surface area contributed by atoms with Crippen LogP contribution in [-0.4, -0.2) is 59.3 Å². The van der Waals surface area contributed by atoms with Gasteiger partial charge in [0.05, 0.1) is 18.6 Å². The molecule has 0 saturated carbocycles. The van der Waals surface area contributed by atoms with Crippen molar-refractivity contribution in [1.29, 1.82) is 0 Å². The fourth-order valence-corrected chi connectivity index (χ4v) is 3.22. The SMILES string of the molecule is CCOC(=O)c1c(C)oc2ncnc(NC3CCN(C(=O)OCC)CC3)c12. The van der Waals surface area contributed by atoms with Gasteiger partial charge in [-0.25, -0.2) is 19.6 Å². The van der Waals surface area contributed by atoms with Gasteiger partial charge >= 0.3 is 12.1 Å². The zero-order valence-corrected chi connectivity index (χ0v) is 15.8. The van der Waals surface area contributed by atoms with E-state index in [1.165, 1.54) is 6.33 Å². The molecule has 0 bridgehead atoms. The molecule has 1 amide bonds. The second-order valence-electron chi connectivity index (χ2n) is 6.26. The molecule has 2 aromatic rings. The lowest BCUT2D eigenvalue weighted by Crippen LogP contribution is -2.42. The maximum Gasteiger partial charge on any atom is 0.409 e. The number of rotatable bonds is 5. The molecule has 0 unspecified atom stereocenters. The fraction of sp³-hybridized carbons (Fsp3) is 0.556. The minimum Gasteiger partial charge on any atom is -0.462 e. The molecule has 0 atom stereocenters. The summed E-state index contributed by atoms with van der Waals surface area (Å²) >= 11 is 0. The van der Waals surface area contributed by atoms with Gasteiger partial charge in [0.15, 0.2) is 0 Å². The first kappa shape index (κ1) is 18.9. The van der Waals surface area contributed by atoms with Crippen molar-refractivity contribution in [3.05, 3.63) is 17.7 Å². The van der Waals surface area contributed by atoms with E-state index in [2.05, 4.69) is 15.3 Å². The molecule has 27 heavy (non-hydrogen) atoms. The number of hydrogen-bond acceptors (Lipinski definition) is 8. The van der Waals surface area contributed by atoms with Gasteiger partial charge in [-0.1, -0.05) is 0 Å². The lowest BCUT2D eigenvalue weighted by Gasteiger charge is -2.31. The van der Waals surface area contributed by atoms with E-state index in [9.17, 15) is 9.59 Å². The molecule has 0 aromatic carbocycles. The molecule has 0 aliphatic carbocycles. The minimum absolute atomic E-state index is 0.110. The number of piperidine rings is 1. The molecule has 0 spiro atoms. The number of hydrogen-bond donors (Lipinski definition) is 1. The zero-order valence-electron chi connectivity index (χ0n) is 15.8. The third-order valence-corrected chi connectivity index (χ3v) is 4.51. The topological polar surface area (TPSA) is 107 Å². The van der Waals surface area contributed by atoms with E-state index < -0.39 is 5.97 Å². The molecule has 1 N–H and O–H groups in total. The highest BCUT2D eigenvalue weighted by molar-refractivity contribution is 6.07. The van der Waals surface area contributed by atoms with Gasteiger partial charge in [0.1, 0.15) is 23.5 Å². The first-order valence-electron chi connectivity index (χ1n) is 9.14. The van der Waals surface area contributed by atoms with Gasteiger partial charge in [-0.15, -0.1) is 0 Å². The van der Waals surface area contributed by atoms with Crippen LogP contribution in [0.2, 0.25) is 0 Å². The number of nitrogens with one attached hydrogen (secondary N) is 1. The van der Waals surface area contributed by atoms with Crippen LogP contribution in [0.15, 0.2) is 10.7 Å². The molecule has 9 heteroatoms. The largest absolute Gasteiger partial charge is 0.462 e. The van der Waals surface area contributed by atoms with Gasteiger partial charge < -0.3 is 24.1 Å². The Labute approximate surface area is 157 Å². The Bertz CT molecular complexity index is 827. The quantitative estimate of drug-likeness (QED) is 0.794. The maximum absolute atomic E-state index is 12.3. The van der Waals surface area contributed by atoms with E-state index in [0.29, 0.717) is 47.9 Å². The summed E-state index contributed by atoms with van der Waals surface area (Å²) in [7, 11) is 0. The Morgan fingerprint density at radius 3 is 2.59 bits per heavy atom. The van der Waals surface area contributed by atoms with Gasteiger partial charge in [-0.3, -0.25) is 0 Å². The number of ether oxygens (including phenoxy) is 2. The summed E-state index contributed by atoms with van der Waals surface area (Å²) < 4.78 is 15.8. The summed E-state index contributed by atoms with van der Waals surface area (Å²) in [5.74, 6) is 0.530. The fourth-order valence-electron chi connectivity index (χ4n) is 3.22.